The molecular formula is C13H20Cl2N2O. The molecule has 5 heteroatoms. The smallest absolute Gasteiger partial charge is 0.234 e. The minimum atomic E-state index is 0.445. The number of rotatable bonds is 7. The Bertz CT molecular complexity index is 383. The number of hydrogen-bond donors (Lipinski definition) is 1. The second-order valence-electron chi connectivity index (χ2n) is 4.52. The molecule has 1 aromatic heterocycles. The molecule has 1 rings (SSSR count). The summed E-state index contributed by atoms with van der Waals surface area (Å²) in [4.78, 5) is 4.28. The second-order valence-corrected chi connectivity index (χ2v) is 5.34. The number of pyridine rings is 1. The van der Waals surface area contributed by atoms with Gasteiger partial charge in [0.25, 0.3) is 0 Å². The highest BCUT2D eigenvalue weighted by molar-refractivity contribution is 6.36. The predicted octanol–water partition coefficient (Wildman–Crippen LogP) is 4.64. The van der Waals surface area contributed by atoms with Gasteiger partial charge in [-0.2, -0.15) is 4.98 Å². The number of ether oxygens (including phenoxy) is 1. The maximum absolute atomic E-state index is 6.04. The van der Waals surface area contributed by atoms with Crippen LogP contribution in [-0.4, -0.2) is 18.1 Å². The number of anilines is 1. The molecule has 0 atom stereocenters. The normalized spacial score (nSPS) is 10.8. The second kappa shape index (κ2) is 7.70. The van der Waals surface area contributed by atoms with Crippen molar-refractivity contribution in [1.82, 2.24) is 4.98 Å². The number of halogens is 2. The zero-order chi connectivity index (χ0) is 13.5. The molecule has 0 saturated carbocycles. The van der Waals surface area contributed by atoms with E-state index in [1.807, 2.05) is 6.92 Å². The van der Waals surface area contributed by atoms with E-state index in [9.17, 15) is 0 Å². The molecule has 0 bridgehead atoms. The van der Waals surface area contributed by atoms with Gasteiger partial charge >= 0.3 is 0 Å². The molecule has 0 unspecified atom stereocenters. The van der Waals surface area contributed by atoms with Crippen LogP contribution in [0.3, 0.4) is 0 Å². The molecule has 102 valence electrons. The first-order valence-electron chi connectivity index (χ1n) is 6.27. The molecule has 18 heavy (non-hydrogen) atoms. The standard InChI is InChI=1S/C13H20Cl2N2O/c1-4-16-12-10(14)8-11(15)13(17-12)18-7-5-6-9(2)3/h8-9H,4-7H2,1-3H3,(H,16,17). The molecule has 0 aromatic carbocycles. The van der Waals surface area contributed by atoms with E-state index in [0.717, 1.165) is 19.4 Å². The van der Waals surface area contributed by atoms with Crippen LogP contribution in [0.15, 0.2) is 6.07 Å². The number of nitrogens with one attached hydrogen (secondary N) is 1. The van der Waals surface area contributed by atoms with Gasteiger partial charge in [0.2, 0.25) is 5.88 Å². The van der Waals surface area contributed by atoms with Crippen LogP contribution < -0.4 is 10.1 Å². The molecule has 1 heterocycles. The lowest BCUT2D eigenvalue weighted by molar-refractivity contribution is 0.288. The van der Waals surface area contributed by atoms with Crippen LogP contribution in [0, 0.1) is 5.92 Å². The van der Waals surface area contributed by atoms with Crippen molar-refractivity contribution in [2.24, 2.45) is 5.92 Å². The van der Waals surface area contributed by atoms with E-state index in [1.54, 1.807) is 6.07 Å². The van der Waals surface area contributed by atoms with Gasteiger partial charge in [-0.05, 0) is 31.7 Å². The molecule has 1 aromatic rings. The SMILES string of the molecule is CCNc1nc(OCCCC(C)C)c(Cl)cc1Cl. The largest absolute Gasteiger partial charge is 0.477 e. The fourth-order valence-corrected chi connectivity index (χ4v) is 1.98. The summed E-state index contributed by atoms with van der Waals surface area (Å²) < 4.78 is 5.59. The summed E-state index contributed by atoms with van der Waals surface area (Å²) in [5.41, 5.74) is 0. The molecule has 0 fully saturated rings. The van der Waals surface area contributed by atoms with Gasteiger partial charge in [-0.25, -0.2) is 0 Å². The lowest BCUT2D eigenvalue weighted by atomic mass is 10.1. The van der Waals surface area contributed by atoms with Crippen molar-refractivity contribution < 1.29 is 4.74 Å². The number of hydrogen-bond acceptors (Lipinski definition) is 3. The van der Waals surface area contributed by atoms with E-state index in [0.29, 0.717) is 34.3 Å². The third-order valence-corrected chi connectivity index (χ3v) is 2.97. The van der Waals surface area contributed by atoms with Crippen LogP contribution in [0.4, 0.5) is 5.82 Å². The maximum atomic E-state index is 6.04. The summed E-state index contributed by atoms with van der Waals surface area (Å²) >= 11 is 12.1. The highest BCUT2D eigenvalue weighted by Crippen LogP contribution is 2.30. The molecule has 1 N–H and O–H groups in total. The van der Waals surface area contributed by atoms with E-state index < -0.39 is 0 Å². The van der Waals surface area contributed by atoms with Gasteiger partial charge in [0.1, 0.15) is 10.8 Å². The van der Waals surface area contributed by atoms with Crippen molar-refractivity contribution in [1.29, 1.82) is 0 Å². The molecule has 3 nitrogen and oxygen atoms in total. The van der Waals surface area contributed by atoms with Gasteiger partial charge in [0.05, 0.1) is 11.6 Å². The van der Waals surface area contributed by atoms with Crippen molar-refractivity contribution in [3.63, 3.8) is 0 Å². The highest BCUT2D eigenvalue weighted by Gasteiger charge is 2.10. The van der Waals surface area contributed by atoms with Gasteiger partial charge in [-0.15, -0.1) is 0 Å². The maximum Gasteiger partial charge on any atom is 0.234 e. The van der Waals surface area contributed by atoms with Gasteiger partial charge in [-0.1, -0.05) is 37.0 Å². The van der Waals surface area contributed by atoms with Crippen LogP contribution in [0.2, 0.25) is 10.0 Å². The Morgan fingerprint density at radius 1 is 1.33 bits per heavy atom. The van der Waals surface area contributed by atoms with Crippen molar-refractivity contribution >= 4 is 29.0 Å². The van der Waals surface area contributed by atoms with Crippen LogP contribution in [0.25, 0.3) is 0 Å². The zero-order valence-corrected chi connectivity index (χ0v) is 12.6. The summed E-state index contributed by atoms with van der Waals surface area (Å²) in [6, 6.07) is 1.66. The fraction of sp³-hybridized carbons (Fsp3) is 0.615. The predicted molar refractivity (Wildman–Crippen MR) is 78.0 cm³/mol. The van der Waals surface area contributed by atoms with Gasteiger partial charge in [-0.3, -0.25) is 0 Å². The minimum absolute atomic E-state index is 0.445. The third kappa shape index (κ3) is 4.91. The lowest BCUT2D eigenvalue weighted by Gasteiger charge is -2.11. The van der Waals surface area contributed by atoms with Crippen LogP contribution in [0.1, 0.15) is 33.6 Å². The molecule has 0 spiro atoms. The summed E-state index contributed by atoms with van der Waals surface area (Å²) in [6.45, 7) is 7.74. The van der Waals surface area contributed by atoms with Gasteiger partial charge in [0, 0.05) is 6.54 Å². The monoisotopic (exact) mass is 290 g/mol. The van der Waals surface area contributed by atoms with Crippen LogP contribution in [-0.2, 0) is 0 Å². The summed E-state index contributed by atoms with van der Waals surface area (Å²) in [5.74, 6) is 1.74. The van der Waals surface area contributed by atoms with Crippen molar-refractivity contribution in [3.8, 4) is 5.88 Å². The molecule has 0 saturated heterocycles. The van der Waals surface area contributed by atoms with E-state index in [4.69, 9.17) is 27.9 Å². The van der Waals surface area contributed by atoms with E-state index in [-0.39, 0.29) is 0 Å². The van der Waals surface area contributed by atoms with Crippen LogP contribution >= 0.6 is 23.2 Å². The molecular weight excluding hydrogens is 271 g/mol. The van der Waals surface area contributed by atoms with Crippen molar-refractivity contribution in [3.05, 3.63) is 16.1 Å². The highest BCUT2D eigenvalue weighted by atomic mass is 35.5. The summed E-state index contributed by atoms with van der Waals surface area (Å²) in [7, 11) is 0. The Morgan fingerprint density at radius 3 is 2.67 bits per heavy atom. The molecule has 0 aliphatic rings. The van der Waals surface area contributed by atoms with E-state index in [2.05, 4.69) is 24.1 Å². The lowest BCUT2D eigenvalue weighted by Crippen LogP contribution is -2.05. The first-order chi connectivity index (χ1) is 8.54. The Morgan fingerprint density at radius 2 is 2.06 bits per heavy atom. The number of aromatic nitrogens is 1. The molecule has 0 radical (unpaired) electrons. The summed E-state index contributed by atoms with van der Waals surface area (Å²) in [5, 5.41) is 4.03. The first-order valence-corrected chi connectivity index (χ1v) is 7.02. The Kier molecular flexibility index (Phi) is 6.58. The molecule has 0 aliphatic heterocycles. The van der Waals surface area contributed by atoms with Gasteiger partial charge in [0.15, 0.2) is 0 Å². The average Bonchev–Trinajstić information content (AvgIpc) is 2.29. The topological polar surface area (TPSA) is 34.2 Å². The average molecular weight is 291 g/mol. The number of nitrogens with zero attached hydrogens (tertiary/aromatic N) is 1. The first kappa shape index (κ1) is 15.4. The van der Waals surface area contributed by atoms with E-state index >= 15 is 0 Å². The van der Waals surface area contributed by atoms with E-state index in [1.165, 1.54) is 0 Å². The Balaban J connectivity index is 2.61. The third-order valence-electron chi connectivity index (χ3n) is 2.41. The summed E-state index contributed by atoms with van der Waals surface area (Å²) in [6.07, 6.45) is 2.13. The minimum Gasteiger partial charge on any atom is -0.477 e. The Labute approximate surface area is 119 Å². The van der Waals surface area contributed by atoms with Gasteiger partial charge < -0.3 is 10.1 Å². The zero-order valence-electron chi connectivity index (χ0n) is 11.1. The quantitative estimate of drug-likeness (QED) is 0.743. The molecule has 0 aliphatic carbocycles. The van der Waals surface area contributed by atoms with Crippen molar-refractivity contribution in [2.75, 3.05) is 18.5 Å². The van der Waals surface area contributed by atoms with Crippen LogP contribution in [0.5, 0.6) is 5.88 Å². The fourth-order valence-electron chi connectivity index (χ4n) is 1.50. The Hall–Kier alpha value is -0.670. The van der Waals surface area contributed by atoms with Crippen molar-refractivity contribution in [2.45, 2.75) is 33.6 Å². The molecule has 0 amide bonds.